The number of piperidine rings is 1. The predicted octanol–water partition coefficient (Wildman–Crippen LogP) is -0.630. The standard InChI is InChI=1S/C15H26N6O2.ClH/c1-18(2)14(22)11-21-15(23)20-7-6-19(10-13(20)17-21)9-12-4-3-5-16-8-12;/h12,16H,3-11H2,1-2H3;1H. The van der Waals surface area contributed by atoms with Gasteiger partial charge in [0.25, 0.3) is 0 Å². The van der Waals surface area contributed by atoms with Crippen LogP contribution >= 0.6 is 12.4 Å². The van der Waals surface area contributed by atoms with Crippen LogP contribution in [-0.4, -0.2) is 70.3 Å². The van der Waals surface area contributed by atoms with Gasteiger partial charge in [0, 0.05) is 33.7 Å². The van der Waals surface area contributed by atoms with Gasteiger partial charge in [-0.3, -0.25) is 14.3 Å². The Kier molecular flexibility index (Phi) is 6.42. The van der Waals surface area contributed by atoms with E-state index in [1.807, 2.05) is 0 Å². The summed E-state index contributed by atoms with van der Waals surface area (Å²) in [6.45, 7) is 5.48. The van der Waals surface area contributed by atoms with Crippen LogP contribution < -0.4 is 11.0 Å². The number of amides is 1. The highest BCUT2D eigenvalue weighted by molar-refractivity contribution is 5.85. The van der Waals surface area contributed by atoms with Gasteiger partial charge in [0.1, 0.15) is 12.4 Å². The van der Waals surface area contributed by atoms with Crippen molar-refractivity contribution in [2.24, 2.45) is 5.92 Å². The van der Waals surface area contributed by atoms with Crippen molar-refractivity contribution in [1.29, 1.82) is 0 Å². The number of nitrogens with one attached hydrogen (secondary N) is 1. The molecule has 2 aliphatic heterocycles. The molecule has 1 aromatic heterocycles. The fourth-order valence-electron chi connectivity index (χ4n) is 3.32. The van der Waals surface area contributed by atoms with E-state index >= 15 is 0 Å². The van der Waals surface area contributed by atoms with E-state index in [-0.39, 0.29) is 30.5 Å². The fourth-order valence-corrected chi connectivity index (χ4v) is 3.32. The molecule has 0 saturated carbocycles. The molecular formula is C15H27ClN6O2. The van der Waals surface area contributed by atoms with E-state index in [0.29, 0.717) is 19.0 Å². The highest BCUT2D eigenvalue weighted by atomic mass is 35.5. The first-order valence-corrected chi connectivity index (χ1v) is 8.34. The van der Waals surface area contributed by atoms with Gasteiger partial charge in [-0.1, -0.05) is 0 Å². The second-order valence-electron chi connectivity index (χ2n) is 6.74. The number of carbonyl (C=O) groups is 1. The highest BCUT2D eigenvalue weighted by Gasteiger charge is 2.25. The number of fused-ring (bicyclic) bond motifs is 1. The predicted molar refractivity (Wildman–Crippen MR) is 93.3 cm³/mol. The highest BCUT2D eigenvalue weighted by Crippen LogP contribution is 2.15. The number of rotatable bonds is 4. The van der Waals surface area contributed by atoms with E-state index in [4.69, 9.17) is 0 Å². The molecule has 1 N–H and O–H groups in total. The normalized spacial score (nSPS) is 21.0. The molecule has 24 heavy (non-hydrogen) atoms. The molecule has 2 aliphatic rings. The molecule has 0 aliphatic carbocycles. The Labute approximate surface area is 148 Å². The number of halogens is 1. The summed E-state index contributed by atoms with van der Waals surface area (Å²) < 4.78 is 3.00. The van der Waals surface area contributed by atoms with E-state index in [1.165, 1.54) is 22.4 Å². The number of aromatic nitrogens is 3. The first kappa shape index (κ1) is 19.0. The molecular weight excluding hydrogens is 332 g/mol. The zero-order valence-corrected chi connectivity index (χ0v) is 15.2. The molecule has 0 radical (unpaired) electrons. The summed E-state index contributed by atoms with van der Waals surface area (Å²) in [5.41, 5.74) is -0.172. The lowest BCUT2D eigenvalue weighted by atomic mass is 9.99. The quantitative estimate of drug-likeness (QED) is 0.775. The van der Waals surface area contributed by atoms with Crippen LogP contribution in [0, 0.1) is 5.92 Å². The third-order valence-electron chi connectivity index (χ3n) is 4.70. The molecule has 1 atom stereocenters. The maximum absolute atomic E-state index is 12.3. The smallest absolute Gasteiger partial charge is 0.346 e. The van der Waals surface area contributed by atoms with Crippen molar-refractivity contribution in [3.8, 4) is 0 Å². The Hall–Kier alpha value is -1.38. The van der Waals surface area contributed by atoms with E-state index < -0.39 is 0 Å². The second kappa shape index (κ2) is 8.13. The molecule has 1 amide bonds. The summed E-state index contributed by atoms with van der Waals surface area (Å²) in [5.74, 6) is 1.34. The van der Waals surface area contributed by atoms with Crippen LogP contribution in [0.5, 0.6) is 0 Å². The molecule has 136 valence electrons. The van der Waals surface area contributed by atoms with Gasteiger partial charge in [0.15, 0.2) is 0 Å². The second-order valence-corrected chi connectivity index (χ2v) is 6.74. The van der Waals surface area contributed by atoms with E-state index in [0.717, 1.165) is 32.0 Å². The third-order valence-corrected chi connectivity index (χ3v) is 4.70. The fraction of sp³-hybridized carbons (Fsp3) is 0.800. The Balaban J connectivity index is 0.00000208. The minimum absolute atomic E-state index is 0. The number of nitrogens with zero attached hydrogens (tertiary/aromatic N) is 5. The SMILES string of the molecule is CN(C)C(=O)Cn1nc2n(c1=O)CCN(CC1CCCNC1)C2.Cl. The van der Waals surface area contributed by atoms with Crippen LogP contribution in [0.3, 0.4) is 0 Å². The first-order chi connectivity index (χ1) is 11.0. The topological polar surface area (TPSA) is 75.4 Å². The average Bonchev–Trinajstić information content (AvgIpc) is 2.84. The van der Waals surface area contributed by atoms with Crippen molar-refractivity contribution in [1.82, 2.24) is 29.5 Å². The molecule has 1 unspecified atom stereocenters. The molecule has 1 fully saturated rings. The van der Waals surface area contributed by atoms with E-state index in [1.54, 1.807) is 18.7 Å². The summed E-state index contributed by atoms with van der Waals surface area (Å²) >= 11 is 0. The summed E-state index contributed by atoms with van der Waals surface area (Å²) in [6.07, 6.45) is 2.51. The Morgan fingerprint density at radius 1 is 1.38 bits per heavy atom. The number of hydrogen-bond donors (Lipinski definition) is 1. The minimum atomic E-state index is -0.172. The van der Waals surface area contributed by atoms with Crippen molar-refractivity contribution >= 4 is 18.3 Å². The maximum Gasteiger partial charge on any atom is 0.346 e. The summed E-state index contributed by atoms with van der Waals surface area (Å²) in [5, 5.41) is 7.82. The van der Waals surface area contributed by atoms with Gasteiger partial charge in [-0.05, 0) is 31.8 Å². The lowest BCUT2D eigenvalue weighted by Gasteiger charge is -2.32. The molecule has 0 spiro atoms. The van der Waals surface area contributed by atoms with Crippen LogP contribution in [-0.2, 0) is 24.4 Å². The van der Waals surface area contributed by atoms with Crippen molar-refractivity contribution in [2.75, 3.05) is 40.3 Å². The van der Waals surface area contributed by atoms with Crippen LogP contribution in [0.2, 0.25) is 0 Å². The number of carbonyl (C=O) groups excluding carboxylic acids is 1. The van der Waals surface area contributed by atoms with Crippen molar-refractivity contribution in [3.05, 3.63) is 16.3 Å². The van der Waals surface area contributed by atoms with Crippen LogP contribution in [0.15, 0.2) is 4.79 Å². The molecule has 3 rings (SSSR count). The summed E-state index contributed by atoms with van der Waals surface area (Å²) in [4.78, 5) is 28.0. The molecule has 1 aromatic rings. The van der Waals surface area contributed by atoms with E-state index in [2.05, 4.69) is 15.3 Å². The van der Waals surface area contributed by atoms with Gasteiger partial charge in [-0.15, -0.1) is 12.4 Å². The lowest BCUT2D eigenvalue weighted by molar-refractivity contribution is -0.129. The van der Waals surface area contributed by atoms with Crippen molar-refractivity contribution in [3.63, 3.8) is 0 Å². The molecule has 0 aromatic carbocycles. The molecule has 3 heterocycles. The first-order valence-electron chi connectivity index (χ1n) is 8.34. The van der Waals surface area contributed by atoms with Crippen LogP contribution in [0.25, 0.3) is 0 Å². The molecule has 0 bridgehead atoms. The number of hydrogen-bond acceptors (Lipinski definition) is 5. The van der Waals surface area contributed by atoms with Gasteiger partial charge in [0.05, 0.1) is 6.54 Å². The Bertz CT molecular complexity index is 620. The summed E-state index contributed by atoms with van der Waals surface area (Å²) in [7, 11) is 3.37. The molecule has 8 nitrogen and oxygen atoms in total. The number of likely N-dealkylation sites (N-methyl/N-ethyl adjacent to an activating group) is 1. The van der Waals surface area contributed by atoms with Gasteiger partial charge in [-0.25, -0.2) is 9.48 Å². The van der Waals surface area contributed by atoms with Gasteiger partial charge in [-0.2, -0.15) is 5.10 Å². The minimum Gasteiger partial charge on any atom is -0.347 e. The van der Waals surface area contributed by atoms with Gasteiger partial charge >= 0.3 is 5.69 Å². The van der Waals surface area contributed by atoms with Gasteiger partial charge in [0.2, 0.25) is 5.91 Å². The molecule has 1 saturated heterocycles. The largest absolute Gasteiger partial charge is 0.347 e. The Morgan fingerprint density at radius 3 is 2.83 bits per heavy atom. The van der Waals surface area contributed by atoms with Crippen LogP contribution in [0.1, 0.15) is 18.7 Å². The zero-order valence-electron chi connectivity index (χ0n) is 14.4. The van der Waals surface area contributed by atoms with Crippen molar-refractivity contribution < 1.29 is 4.79 Å². The maximum atomic E-state index is 12.3. The lowest BCUT2D eigenvalue weighted by Crippen LogP contribution is -2.43. The van der Waals surface area contributed by atoms with Crippen LogP contribution in [0.4, 0.5) is 0 Å². The Morgan fingerprint density at radius 2 is 2.17 bits per heavy atom. The zero-order chi connectivity index (χ0) is 16.4. The third kappa shape index (κ3) is 4.17. The summed E-state index contributed by atoms with van der Waals surface area (Å²) in [6, 6.07) is 0. The van der Waals surface area contributed by atoms with Crippen molar-refractivity contribution in [2.45, 2.75) is 32.5 Å². The monoisotopic (exact) mass is 358 g/mol. The average molecular weight is 359 g/mol. The molecule has 9 heteroatoms. The van der Waals surface area contributed by atoms with Gasteiger partial charge < -0.3 is 10.2 Å². The van der Waals surface area contributed by atoms with E-state index in [9.17, 15) is 9.59 Å².